The first kappa shape index (κ1) is 14.1. The number of hydrogen-bond acceptors (Lipinski definition) is 4. The number of aryl methyl sites for hydroxylation is 2. The van der Waals surface area contributed by atoms with E-state index in [1.54, 1.807) is 11.3 Å². The molecule has 2 heterocycles. The van der Waals surface area contributed by atoms with Crippen LogP contribution in [-0.4, -0.2) is 23.1 Å². The molecule has 1 aliphatic rings. The molecule has 3 rings (SSSR count). The zero-order valence-corrected chi connectivity index (χ0v) is 12.8. The Balaban J connectivity index is 1.97. The minimum atomic E-state index is -0.900. The third-order valence-corrected chi connectivity index (χ3v) is 4.60. The fourth-order valence-corrected chi connectivity index (χ4v) is 3.46. The van der Waals surface area contributed by atoms with Crippen molar-refractivity contribution in [2.45, 2.75) is 32.2 Å². The molecule has 0 saturated carbocycles. The number of hydrogen-bond donors (Lipinski definition) is 1. The van der Waals surface area contributed by atoms with Crippen molar-refractivity contribution >= 4 is 23.1 Å². The summed E-state index contributed by atoms with van der Waals surface area (Å²) < 4.78 is 0. The lowest BCUT2D eigenvalue weighted by atomic mass is 9.94. The zero-order chi connectivity index (χ0) is 14.8. The Labute approximate surface area is 128 Å². The number of carboxylic acids is 1. The van der Waals surface area contributed by atoms with Crippen LogP contribution in [0.5, 0.6) is 0 Å². The highest BCUT2D eigenvalue weighted by Crippen LogP contribution is 2.27. The molecule has 0 radical (unpaired) electrons. The van der Waals surface area contributed by atoms with Gasteiger partial charge in [0.15, 0.2) is 0 Å². The van der Waals surface area contributed by atoms with Gasteiger partial charge in [-0.25, -0.2) is 9.78 Å². The van der Waals surface area contributed by atoms with Crippen LogP contribution in [0.3, 0.4) is 0 Å². The summed E-state index contributed by atoms with van der Waals surface area (Å²) in [5.41, 5.74) is 3.66. The normalized spacial score (nSPS) is 13.8. The maximum absolute atomic E-state index is 11.5. The minimum absolute atomic E-state index is 0.313. The molecule has 110 valence electrons. The van der Waals surface area contributed by atoms with Crippen LogP contribution >= 0.6 is 11.3 Å². The van der Waals surface area contributed by atoms with Gasteiger partial charge in [0.1, 0.15) is 11.4 Å². The van der Waals surface area contributed by atoms with Gasteiger partial charge in [0, 0.05) is 19.3 Å². The molecule has 0 unspecified atom stereocenters. The van der Waals surface area contributed by atoms with Gasteiger partial charge in [-0.15, -0.1) is 0 Å². The second-order valence-electron chi connectivity index (χ2n) is 5.47. The number of aromatic carboxylic acids is 1. The molecule has 0 saturated heterocycles. The molecule has 0 atom stereocenters. The first-order chi connectivity index (χ1) is 10.1. The van der Waals surface area contributed by atoms with E-state index in [9.17, 15) is 9.90 Å². The highest BCUT2D eigenvalue weighted by molar-refractivity contribution is 7.07. The van der Waals surface area contributed by atoms with Gasteiger partial charge in [0.05, 0.1) is 0 Å². The third-order valence-electron chi connectivity index (χ3n) is 3.87. The molecular formula is C16H18N2O2S. The van der Waals surface area contributed by atoms with Crippen molar-refractivity contribution in [1.29, 1.82) is 0 Å². The third kappa shape index (κ3) is 2.93. The van der Waals surface area contributed by atoms with Crippen LogP contribution in [0.15, 0.2) is 22.9 Å². The van der Waals surface area contributed by atoms with E-state index in [2.05, 4.69) is 16.4 Å². The summed E-state index contributed by atoms with van der Waals surface area (Å²) in [6.45, 7) is 0.676. The second kappa shape index (κ2) is 5.85. The van der Waals surface area contributed by atoms with Crippen LogP contribution in [0.1, 0.15) is 40.0 Å². The van der Waals surface area contributed by atoms with E-state index in [1.165, 1.54) is 5.56 Å². The Morgan fingerprint density at radius 2 is 2.24 bits per heavy atom. The van der Waals surface area contributed by atoms with Crippen molar-refractivity contribution in [2.75, 3.05) is 11.9 Å². The van der Waals surface area contributed by atoms with Crippen molar-refractivity contribution < 1.29 is 9.90 Å². The quantitative estimate of drug-likeness (QED) is 0.941. The van der Waals surface area contributed by atoms with Gasteiger partial charge >= 0.3 is 5.97 Å². The number of pyridine rings is 1. The summed E-state index contributed by atoms with van der Waals surface area (Å²) in [5, 5.41) is 13.6. The average Bonchev–Trinajstić information content (AvgIpc) is 2.98. The van der Waals surface area contributed by atoms with Gasteiger partial charge in [0.2, 0.25) is 0 Å². The Bertz CT molecular complexity index is 653. The van der Waals surface area contributed by atoms with Crippen LogP contribution in [-0.2, 0) is 19.4 Å². The first-order valence-corrected chi connectivity index (χ1v) is 8.07. The number of aromatic nitrogens is 1. The smallest absolute Gasteiger partial charge is 0.339 e. The molecule has 0 amide bonds. The molecule has 0 fully saturated rings. The maximum Gasteiger partial charge on any atom is 0.339 e. The maximum atomic E-state index is 11.5. The van der Waals surface area contributed by atoms with E-state index in [0.29, 0.717) is 17.9 Å². The zero-order valence-electron chi connectivity index (χ0n) is 12.0. The number of rotatable bonds is 4. The summed E-state index contributed by atoms with van der Waals surface area (Å²) in [5.74, 6) is -0.322. The molecule has 1 N–H and O–H groups in total. The summed E-state index contributed by atoms with van der Waals surface area (Å²) in [7, 11) is 1.90. The Morgan fingerprint density at radius 1 is 1.43 bits per heavy atom. The van der Waals surface area contributed by atoms with E-state index < -0.39 is 5.97 Å². The van der Waals surface area contributed by atoms with Crippen molar-refractivity contribution in [3.63, 3.8) is 0 Å². The lowest BCUT2D eigenvalue weighted by Crippen LogP contribution is -2.22. The predicted molar refractivity (Wildman–Crippen MR) is 84.3 cm³/mol. The fourth-order valence-electron chi connectivity index (χ4n) is 2.80. The molecule has 2 aromatic rings. The Hall–Kier alpha value is -1.88. The highest BCUT2D eigenvalue weighted by atomic mass is 32.1. The molecule has 0 aliphatic heterocycles. The molecular weight excluding hydrogens is 284 g/mol. The molecule has 0 bridgehead atoms. The monoisotopic (exact) mass is 302 g/mol. The van der Waals surface area contributed by atoms with Crippen molar-refractivity contribution in [2.24, 2.45) is 0 Å². The van der Waals surface area contributed by atoms with Gasteiger partial charge < -0.3 is 10.0 Å². The highest BCUT2D eigenvalue weighted by Gasteiger charge is 2.21. The summed E-state index contributed by atoms with van der Waals surface area (Å²) >= 11 is 1.65. The van der Waals surface area contributed by atoms with E-state index in [4.69, 9.17) is 0 Å². The molecule has 5 heteroatoms. The average molecular weight is 302 g/mol. The van der Waals surface area contributed by atoms with E-state index in [0.717, 1.165) is 36.9 Å². The van der Waals surface area contributed by atoms with Gasteiger partial charge in [-0.2, -0.15) is 11.3 Å². The summed E-state index contributed by atoms with van der Waals surface area (Å²) in [6, 6.07) is 3.88. The topological polar surface area (TPSA) is 53.4 Å². The van der Waals surface area contributed by atoms with Crippen LogP contribution in [0.4, 0.5) is 5.82 Å². The van der Waals surface area contributed by atoms with Crippen LogP contribution in [0, 0.1) is 0 Å². The second-order valence-corrected chi connectivity index (χ2v) is 6.25. The standard InChI is InChI=1S/C16H18N2O2S/c1-18(9-11-6-7-21-10-11)15-13(16(19)20)8-12-4-2-3-5-14(12)17-15/h6-8,10H,2-5,9H2,1H3,(H,19,20). The first-order valence-electron chi connectivity index (χ1n) is 7.13. The molecule has 4 nitrogen and oxygen atoms in total. The minimum Gasteiger partial charge on any atom is -0.478 e. The van der Waals surface area contributed by atoms with Gasteiger partial charge in [-0.3, -0.25) is 0 Å². The molecule has 1 aliphatic carbocycles. The predicted octanol–water partition coefficient (Wildman–Crippen LogP) is 3.36. The lowest BCUT2D eigenvalue weighted by molar-refractivity contribution is 0.0697. The van der Waals surface area contributed by atoms with E-state index >= 15 is 0 Å². The fraction of sp³-hybridized carbons (Fsp3) is 0.375. The number of nitrogens with zero attached hydrogens (tertiary/aromatic N) is 2. The lowest BCUT2D eigenvalue weighted by Gasteiger charge is -2.23. The number of anilines is 1. The van der Waals surface area contributed by atoms with Gasteiger partial charge in [-0.1, -0.05) is 0 Å². The van der Waals surface area contributed by atoms with Crippen molar-refractivity contribution in [3.05, 3.63) is 45.3 Å². The largest absolute Gasteiger partial charge is 0.478 e. The Morgan fingerprint density at radius 3 is 2.95 bits per heavy atom. The summed E-state index contributed by atoms with van der Waals surface area (Å²) in [4.78, 5) is 18.1. The van der Waals surface area contributed by atoms with Crippen LogP contribution in [0.2, 0.25) is 0 Å². The van der Waals surface area contributed by atoms with Gasteiger partial charge in [0.25, 0.3) is 0 Å². The summed E-state index contributed by atoms with van der Waals surface area (Å²) in [6.07, 6.45) is 4.16. The Kier molecular flexibility index (Phi) is 3.92. The van der Waals surface area contributed by atoms with Gasteiger partial charge in [-0.05, 0) is 59.7 Å². The molecule has 21 heavy (non-hydrogen) atoms. The molecule has 0 spiro atoms. The van der Waals surface area contributed by atoms with E-state index in [1.807, 2.05) is 23.4 Å². The number of fused-ring (bicyclic) bond motifs is 1. The molecule has 2 aromatic heterocycles. The van der Waals surface area contributed by atoms with Crippen molar-refractivity contribution in [3.8, 4) is 0 Å². The number of carbonyl (C=O) groups is 1. The van der Waals surface area contributed by atoms with Crippen LogP contribution < -0.4 is 4.90 Å². The SMILES string of the molecule is CN(Cc1ccsc1)c1nc2c(cc1C(=O)O)CCCC2. The van der Waals surface area contributed by atoms with E-state index in [-0.39, 0.29) is 0 Å². The van der Waals surface area contributed by atoms with Crippen molar-refractivity contribution in [1.82, 2.24) is 4.98 Å². The number of carboxylic acid groups (broad SMARTS) is 1. The number of thiophene rings is 1. The van der Waals surface area contributed by atoms with Crippen LogP contribution in [0.25, 0.3) is 0 Å². The molecule has 0 aromatic carbocycles.